The normalized spacial score (nSPS) is 17.8. The van der Waals surface area contributed by atoms with E-state index < -0.39 is 0 Å². The summed E-state index contributed by atoms with van der Waals surface area (Å²) in [6.45, 7) is 4.83. The average Bonchev–Trinajstić information content (AvgIpc) is 3.28. The van der Waals surface area contributed by atoms with Gasteiger partial charge in [0.1, 0.15) is 17.9 Å². The number of rotatable bonds is 8. The molecule has 0 bridgehead atoms. The smallest absolute Gasteiger partial charge is 0.433 e. The third-order valence-corrected chi connectivity index (χ3v) is 7.34. The molecule has 2 heterocycles. The second kappa shape index (κ2) is 10.7. The number of hydrogen-bond donors (Lipinski definition) is 4. The predicted octanol–water partition coefficient (Wildman–Crippen LogP) is 3.01. The van der Waals surface area contributed by atoms with Crippen molar-refractivity contribution >= 4 is 64.9 Å². The quantitative estimate of drug-likeness (QED) is 0.257. The Hall–Kier alpha value is -2.01. The van der Waals surface area contributed by atoms with Gasteiger partial charge in [-0.05, 0) is 38.5 Å². The third kappa shape index (κ3) is 5.48. The Labute approximate surface area is 202 Å². The summed E-state index contributed by atoms with van der Waals surface area (Å²) in [5.41, 5.74) is 6.89. The van der Waals surface area contributed by atoms with E-state index in [0.717, 1.165) is 15.0 Å². The molecule has 2 amide bonds. The molecule has 0 aliphatic carbocycles. The summed E-state index contributed by atoms with van der Waals surface area (Å²) in [7, 11) is 0. The highest BCUT2D eigenvalue weighted by Gasteiger charge is 2.32. The van der Waals surface area contributed by atoms with Crippen LogP contribution in [0, 0.1) is 12.8 Å². The number of aliphatic hydroxyl groups excluding tert-OH is 1. The number of thiol groups is 2. The molecule has 0 radical (unpaired) electrons. The number of aryl methyl sites for hydroxylation is 1. The van der Waals surface area contributed by atoms with Crippen LogP contribution in [0.1, 0.15) is 35.0 Å². The van der Waals surface area contributed by atoms with Crippen LogP contribution in [0.2, 0.25) is 0 Å². The van der Waals surface area contributed by atoms with Crippen molar-refractivity contribution in [2.24, 2.45) is 11.7 Å². The number of nitrogens with two attached hydrogens (primary N) is 1. The van der Waals surface area contributed by atoms with Gasteiger partial charge in [-0.2, -0.15) is 0 Å². The Morgan fingerprint density at radius 3 is 2.91 bits per heavy atom. The SMILES string of the molecule is C/C(N)=C(/S)COc1ccc2sc(C)c(C(=O)/[N+](S)=C\C[C@H]3CCN(CCO)C3=O)c2c1. The highest BCUT2D eigenvalue weighted by atomic mass is 32.1. The molecule has 1 aromatic heterocycles. The number of ether oxygens (including phenoxy) is 1. The molecule has 1 fully saturated rings. The Balaban J connectivity index is 1.78. The number of carbonyl (C=O) groups excluding carboxylic acids is 2. The Morgan fingerprint density at radius 1 is 1.47 bits per heavy atom. The summed E-state index contributed by atoms with van der Waals surface area (Å²) in [6, 6.07) is 5.62. The summed E-state index contributed by atoms with van der Waals surface area (Å²) in [5, 5.41) is 9.85. The number of carbonyl (C=O) groups is 2. The molecule has 10 heteroatoms. The molecule has 0 spiro atoms. The minimum absolute atomic E-state index is 0.00811. The van der Waals surface area contributed by atoms with E-state index in [1.165, 1.54) is 15.3 Å². The Kier molecular flexibility index (Phi) is 8.26. The van der Waals surface area contributed by atoms with Crippen molar-refractivity contribution in [2.45, 2.75) is 26.7 Å². The van der Waals surface area contributed by atoms with E-state index in [4.69, 9.17) is 15.6 Å². The van der Waals surface area contributed by atoms with Gasteiger partial charge >= 0.3 is 5.91 Å². The van der Waals surface area contributed by atoms with Gasteiger partial charge in [0, 0.05) is 51.0 Å². The van der Waals surface area contributed by atoms with Crippen molar-refractivity contribution in [1.82, 2.24) is 4.90 Å². The number of amides is 2. The predicted molar refractivity (Wildman–Crippen MR) is 134 cm³/mol. The molecule has 1 atom stereocenters. The van der Waals surface area contributed by atoms with Gasteiger partial charge < -0.3 is 20.5 Å². The fourth-order valence-electron chi connectivity index (χ4n) is 3.61. The van der Waals surface area contributed by atoms with E-state index in [-0.39, 0.29) is 30.9 Å². The van der Waals surface area contributed by atoms with Gasteiger partial charge in [-0.3, -0.25) is 4.79 Å². The van der Waals surface area contributed by atoms with Gasteiger partial charge in [-0.25, -0.2) is 4.79 Å². The number of thiophene rings is 1. The van der Waals surface area contributed by atoms with Crippen molar-refractivity contribution in [3.05, 3.63) is 39.2 Å². The summed E-state index contributed by atoms with van der Waals surface area (Å²) in [5.74, 6) is 0.180. The van der Waals surface area contributed by atoms with Crippen LogP contribution in [-0.2, 0) is 4.79 Å². The molecule has 7 nitrogen and oxygen atoms in total. The summed E-state index contributed by atoms with van der Waals surface area (Å²) in [6.07, 6.45) is 2.78. The third-order valence-electron chi connectivity index (χ3n) is 5.43. The van der Waals surface area contributed by atoms with E-state index in [2.05, 4.69) is 25.4 Å². The zero-order valence-corrected chi connectivity index (χ0v) is 20.7. The first-order chi connectivity index (χ1) is 15.2. The van der Waals surface area contributed by atoms with Crippen LogP contribution < -0.4 is 10.5 Å². The lowest BCUT2D eigenvalue weighted by Gasteiger charge is -2.13. The molecule has 3 rings (SSSR count). The highest BCUT2D eigenvalue weighted by Crippen LogP contribution is 2.34. The molecule has 0 unspecified atom stereocenters. The minimum Gasteiger partial charge on any atom is -0.488 e. The lowest BCUT2D eigenvalue weighted by Crippen LogP contribution is -2.30. The van der Waals surface area contributed by atoms with Crippen LogP contribution in [0.25, 0.3) is 10.1 Å². The molecule has 0 saturated carbocycles. The molecule has 1 aromatic carbocycles. The zero-order chi connectivity index (χ0) is 23.4. The Morgan fingerprint density at radius 2 is 2.22 bits per heavy atom. The number of β-amino-alcohol motifs (C(OH)–C–C–N with tert-alkyl or cyclic N) is 1. The zero-order valence-electron chi connectivity index (χ0n) is 18.1. The van der Waals surface area contributed by atoms with Crippen molar-refractivity contribution < 1.29 is 23.4 Å². The number of allylic oxidation sites excluding steroid dienone is 1. The van der Waals surface area contributed by atoms with Crippen LogP contribution in [0.5, 0.6) is 5.75 Å². The van der Waals surface area contributed by atoms with Crippen molar-refractivity contribution in [3.8, 4) is 5.75 Å². The summed E-state index contributed by atoms with van der Waals surface area (Å²) < 4.78 is 8.01. The fraction of sp³-hybridized carbons (Fsp3) is 0.409. The largest absolute Gasteiger partial charge is 0.488 e. The summed E-state index contributed by atoms with van der Waals surface area (Å²) >= 11 is 10.2. The first kappa shape index (κ1) is 24.6. The first-order valence-electron chi connectivity index (χ1n) is 10.3. The van der Waals surface area contributed by atoms with Crippen molar-refractivity contribution in [3.63, 3.8) is 0 Å². The second-order valence-electron chi connectivity index (χ2n) is 7.71. The first-order valence-corrected chi connectivity index (χ1v) is 11.9. The summed E-state index contributed by atoms with van der Waals surface area (Å²) in [4.78, 5) is 28.7. The molecular weight excluding hydrogens is 466 g/mol. The maximum Gasteiger partial charge on any atom is 0.433 e. The van der Waals surface area contributed by atoms with Gasteiger partial charge in [-0.1, -0.05) is 3.98 Å². The highest BCUT2D eigenvalue weighted by molar-refractivity contribution is 7.84. The maximum absolute atomic E-state index is 13.2. The van der Waals surface area contributed by atoms with Gasteiger partial charge in [0.15, 0.2) is 19.0 Å². The molecule has 3 N–H and O–H groups in total. The van der Waals surface area contributed by atoms with Crippen LogP contribution in [-0.4, -0.2) is 58.3 Å². The lowest BCUT2D eigenvalue weighted by atomic mass is 10.1. The van der Waals surface area contributed by atoms with Crippen LogP contribution in [0.4, 0.5) is 0 Å². The molecule has 32 heavy (non-hydrogen) atoms. The Bertz CT molecular complexity index is 1090. The van der Waals surface area contributed by atoms with E-state index in [1.54, 1.807) is 18.0 Å². The topological polar surface area (TPSA) is 95.9 Å². The van der Waals surface area contributed by atoms with Crippen LogP contribution in [0.15, 0.2) is 28.8 Å². The molecule has 1 aliphatic rings. The number of likely N-dealkylation sites (tertiary alicyclic amines) is 1. The van der Waals surface area contributed by atoms with E-state index in [1.807, 2.05) is 25.1 Å². The molecule has 2 aromatic rings. The van der Waals surface area contributed by atoms with Crippen LogP contribution in [0.3, 0.4) is 0 Å². The number of hydrogen-bond acceptors (Lipinski definition) is 8. The van der Waals surface area contributed by atoms with Crippen molar-refractivity contribution in [2.75, 3.05) is 26.3 Å². The number of nitrogens with zero attached hydrogens (tertiary/aromatic N) is 2. The monoisotopic (exact) mass is 494 g/mol. The lowest BCUT2D eigenvalue weighted by molar-refractivity contribution is -0.231. The number of fused-ring (bicyclic) bond motifs is 1. The van der Waals surface area contributed by atoms with Gasteiger partial charge in [0.25, 0.3) is 0 Å². The average molecular weight is 495 g/mol. The van der Waals surface area contributed by atoms with Crippen molar-refractivity contribution in [1.29, 1.82) is 0 Å². The molecule has 1 saturated heterocycles. The fourth-order valence-corrected chi connectivity index (χ4v) is 4.90. The maximum atomic E-state index is 13.2. The van der Waals surface area contributed by atoms with Gasteiger partial charge in [-0.15, -0.1) is 24.0 Å². The number of aliphatic hydroxyl groups is 1. The van der Waals surface area contributed by atoms with E-state index in [0.29, 0.717) is 47.8 Å². The number of benzene rings is 1. The van der Waals surface area contributed by atoms with Gasteiger partial charge in [0.05, 0.1) is 6.61 Å². The van der Waals surface area contributed by atoms with E-state index >= 15 is 0 Å². The molecule has 172 valence electrons. The van der Waals surface area contributed by atoms with Gasteiger partial charge in [0.2, 0.25) is 5.91 Å². The van der Waals surface area contributed by atoms with Crippen LogP contribution >= 0.6 is 36.8 Å². The standard InChI is InChI=1S/C22H27N3O4S3/c1-13(23)18(30)12-29-16-3-4-19-17(11-16)20(14(2)32-19)22(28)25(31)8-6-15-5-7-24(9-10-26)21(15)27/h3-4,8,11,15,26H,5-7,9-10,12,23H2,1-2H3,(H-,30,31)/p+1/b18-13-,25-8+/t15-/m1/s1. The molecule has 1 aliphatic heterocycles. The van der Waals surface area contributed by atoms with E-state index in [9.17, 15) is 9.59 Å². The second-order valence-corrected chi connectivity index (χ2v) is 9.94. The molecular formula is C22H28N3O4S3+. The minimum atomic E-state index is -0.250.